The highest BCUT2D eigenvalue weighted by atomic mass is 35.5. The molecule has 0 spiro atoms. The van der Waals surface area contributed by atoms with Crippen LogP contribution < -0.4 is 5.73 Å². The second kappa shape index (κ2) is 6.78. The summed E-state index contributed by atoms with van der Waals surface area (Å²) in [6.07, 6.45) is 4.94. The molecule has 2 aliphatic rings. The zero-order chi connectivity index (χ0) is 16.5. The predicted molar refractivity (Wildman–Crippen MR) is 102 cm³/mol. The van der Waals surface area contributed by atoms with E-state index < -0.39 is 0 Å². The average Bonchev–Trinajstić information content (AvgIpc) is 2.98. The lowest BCUT2D eigenvalue weighted by atomic mass is 9.89. The van der Waals surface area contributed by atoms with Crippen LogP contribution in [0.1, 0.15) is 47.8 Å². The Morgan fingerprint density at radius 3 is 2.67 bits per heavy atom. The summed E-state index contributed by atoms with van der Waals surface area (Å²) >= 11 is 6.15. The molecule has 1 aliphatic carbocycles. The third-order valence-corrected chi connectivity index (χ3v) is 5.99. The first-order chi connectivity index (χ1) is 11.7. The number of rotatable bonds is 3. The van der Waals surface area contributed by atoms with Gasteiger partial charge < -0.3 is 10.6 Å². The fourth-order valence-electron chi connectivity index (χ4n) is 4.42. The molecular weight excluding hydrogens is 316 g/mol. The van der Waals surface area contributed by atoms with Crippen LogP contribution in [0, 0.1) is 0 Å². The summed E-state index contributed by atoms with van der Waals surface area (Å²) in [5.41, 5.74) is 11.3. The molecule has 2 aromatic rings. The van der Waals surface area contributed by atoms with E-state index >= 15 is 0 Å². The van der Waals surface area contributed by atoms with Crippen LogP contribution >= 0.6 is 11.6 Å². The Morgan fingerprint density at radius 1 is 1.04 bits per heavy atom. The molecule has 0 aromatic heterocycles. The van der Waals surface area contributed by atoms with Crippen LogP contribution in [0.2, 0.25) is 5.02 Å². The highest BCUT2D eigenvalue weighted by Gasteiger charge is 2.27. The Labute approximate surface area is 149 Å². The summed E-state index contributed by atoms with van der Waals surface area (Å²) < 4.78 is 0. The van der Waals surface area contributed by atoms with Crippen molar-refractivity contribution in [2.24, 2.45) is 0 Å². The van der Waals surface area contributed by atoms with Gasteiger partial charge in [-0.05, 0) is 91.6 Å². The molecule has 1 saturated heterocycles. The fraction of sp³-hybridized carbons (Fsp3) is 0.429. The number of benzene rings is 2. The lowest BCUT2D eigenvalue weighted by molar-refractivity contribution is 0.200. The third kappa shape index (κ3) is 3.31. The van der Waals surface area contributed by atoms with Gasteiger partial charge in [-0.15, -0.1) is 0 Å². The van der Waals surface area contributed by atoms with E-state index in [0.717, 1.165) is 10.7 Å². The van der Waals surface area contributed by atoms with Crippen molar-refractivity contribution in [2.75, 3.05) is 25.4 Å². The molecule has 0 radical (unpaired) electrons. The molecule has 0 saturated carbocycles. The zero-order valence-corrected chi connectivity index (χ0v) is 14.8. The van der Waals surface area contributed by atoms with Crippen LogP contribution in [0.4, 0.5) is 5.69 Å². The van der Waals surface area contributed by atoms with E-state index in [-0.39, 0.29) is 0 Å². The number of nitrogens with two attached hydrogens (primary N) is 1. The molecule has 1 fully saturated rings. The summed E-state index contributed by atoms with van der Waals surface area (Å²) in [7, 11) is 0. The smallest absolute Gasteiger partial charge is 0.0408 e. The highest BCUT2D eigenvalue weighted by molar-refractivity contribution is 6.30. The lowest BCUT2D eigenvalue weighted by Gasteiger charge is -2.34. The Hall–Kier alpha value is -1.51. The zero-order valence-electron chi connectivity index (χ0n) is 14.0. The van der Waals surface area contributed by atoms with E-state index in [1.165, 1.54) is 62.0 Å². The second-order valence-corrected chi connectivity index (χ2v) is 7.76. The Balaban J connectivity index is 1.37. The first kappa shape index (κ1) is 16.0. The minimum absolute atomic E-state index is 0.659. The quantitative estimate of drug-likeness (QED) is 0.811. The van der Waals surface area contributed by atoms with Gasteiger partial charge in [0.25, 0.3) is 0 Å². The van der Waals surface area contributed by atoms with E-state index in [4.69, 9.17) is 17.3 Å². The Bertz CT molecular complexity index is 720. The van der Waals surface area contributed by atoms with Crippen molar-refractivity contribution in [2.45, 2.75) is 37.5 Å². The SMILES string of the molecule is Nc1ccc2c(c1)C(CN1CCC(c3cccc(Cl)c3)CC1)CC2. The van der Waals surface area contributed by atoms with Crippen molar-refractivity contribution in [3.05, 3.63) is 64.2 Å². The number of hydrogen-bond donors (Lipinski definition) is 1. The normalized spacial score (nSPS) is 21.8. The molecule has 4 rings (SSSR count). The third-order valence-electron chi connectivity index (χ3n) is 5.76. The summed E-state index contributed by atoms with van der Waals surface area (Å²) in [4.78, 5) is 2.64. The van der Waals surface area contributed by atoms with E-state index in [9.17, 15) is 0 Å². The Morgan fingerprint density at radius 2 is 1.88 bits per heavy atom. The lowest BCUT2D eigenvalue weighted by Crippen LogP contribution is -2.35. The van der Waals surface area contributed by atoms with Crippen molar-refractivity contribution in [3.63, 3.8) is 0 Å². The molecule has 126 valence electrons. The summed E-state index contributed by atoms with van der Waals surface area (Å²) in [5.74, 6) is 1.32. The monoisotopic (exact) mass is 340 g/mol. The minimum atomic E-state index is 0.659. The van der Waals surface area contributed by atoms with Crippen molar-refractivity contribution < 1.29 is 0 Å². The molecule has 1 atom stereocenters. The van der Waals surface area contributed by atoms with Gasteiger partial charge in [0.15, 0.2) is 0 Å². The second-order valence-electron chi connectivity index (χ2n) is 7.32. The molecular formula is C21H25ClN2. The molecule has 0 bridgehead atoms. The van der Waals surface area contributed by atoms with Gasteiger partial charge >= 0.3 is 0 Å². The number of aryl methyl sites for hydroxylation is 1. The standard InChI is InChI=1S/C21H25ClN2/c22-19-3-1-2-17(12-19)15-8-10-24(11-9-15)14-18-5-4-16-6-7-20(23)13-21(16)18/h1-3,6-7,12-13,15,18H,4-5,8-11,14,23H2. The van der Waals surface area contributed by atoms with Gasteiger partial charge in [-0.1, -0.05) is 29.8 Å². The van der Waals surface area contributed by atoms with E-state index in [1.54, 1.807) is 0 Å². The van der Waals surface area contributed by atoms with Gasteiger partial charge in [-0.2, -0.15) is 0 Å². The number of fused-ring (bicyclic) bond motifs is 1. The van der Waals surface area contributed by atoms with Crippen molar-refractivity contribution in [3.8, 4) is 0 Å². The van der Waals surface area contributed by atoms with Gasteiger partial charge in [0.1, 0.15) is 0 Å². The Kier molecular flexibility index (Phi) is 4.51. The maximum absolute atomic E-state index is 6.15. The van der Waals surface area contributed by atoms with Crippen LogP contribution in [-0.4, -0.2) is 24.5 Å². The fourth-order valence-corrected chi connectivity index (χ4v) is 4.62. The first-order valence-electron chi connectivity index (χ1n) is 9.05. The van der Waals surface area contributed by atoms with Crippen LogP contribution in [0.5, 0.6) is 0 Å². The van der Waals surface area contributed by atoms with Crippen molar-refractivity contribution in [1.29, 1.82) is 0 Å². The number of halogens is 1. The van der Waals surface area contributed by atoms with Crippen LogP contribution in [0.25, 0.3) is 0 Å². The number of nitrogen functional groups attached to an aromatic ring is 1. The van der Waals surface area contributed by atoms with E-state index in [2.05, 4.69) is 35.2 Å². The number of likely N-dealkylation sites (tertiary alicyclic amines) is 1. The van der Waals surface area contributed by atoms with Gasteiger partial charge in [0.2, 0.25) is 0 Å². The summed E-state index contributed by atoms with van der Waals surface area (Å²) in [6, 6.07) is 14.9. The van der Waals surface area contributed by atoms with E-state index in [1.807, 2.05) is 12.1 Å². The van der Waals surface area contributed by atoms with Crippen LogP contribution in [-0.2, 0) is 6.42 Å². The topological polar surface area (TPSA) is 29.3 Å². The first-order valence-corrected chi connectivity index (χ1v) is 9.43. The molecule has 0 amide bonds. The molecule has 3 heteroatoms. The van der Waals surface area contributed by atoms with Crippen LogP contribution in [0.3, 0.4) is 0 Å². The van der Waals surface area contributed by atoms with Gasteiger partial charge in [-0.25, -0.2) is 0 Å². The van der Waals surface area contributed by atoms with Crippen LogP contribution in [0.15, 0.2) is 42.5 Å². The molecule has 24 heavy (non-hydrogen) atoms. The van der Waals surface area contributed by atoms with Gasteiger partial charge in [0, 0.05) is 17.3 Å². The summed E-state index contributed by atoms with van der Waals surface area (Å²) in [6.45, 7) is 3.55. The summed E-state index contributed by atoms with van der Waals surface area (Å²) in [5, 5.41) is 0.857. The number of nitrogens with zero attached hydrogens (tertiary/aromatic N) is 1. The molecule has 1 aliphatic heterocycles. The predicted octanol–water partition coefficient (Wildman–Crippen LogP) is 4.83. The number of piperidine rings is 1. The molecule has 1 unspecified atom stereocenters. The number of hydrogen-bond acceptors (Lipinski definition) is 2. The van der Waals surface area contributed by atoms with Gasteiger partial charge in [0.05, 0.1) is 0 Å². The highest BCUT2D eigenvalue weighted by Crippen LogP contribution is 2.36. The minimum Gasteiger partial charge on any atom is -0.399 e. The molecule has 2 N–H and O–H groups in total. The molecule has 1 heterocycles. The van der Waals surface area contributed by atoms with Crippen molar-refractivity contribution >= 4 is 17.3 Å². The van der Waals surface area contributed by atoms with E-state index in [0.29, 0.717) is 11.8 Å². The maximum atomic E-state index is 6.15. The van der Waals surface area contributed by atoms with Crippen molar-refractivity contribution in [1.82, 2.24) is 4.90 Å². The molecule has 2 aromatic carbocycles. The molecule has 2 nitrogen and oxygen atoms in total. The van der Waals surface area contributed by atoms with Gasteiger partial charge in [-0.3, -0.25) is 0 Å². The number of anilines is 1. The largest absolute Gasteiger partial charge is 0.399 e. The maximum Gasteiger partial charge on any atom is 0.0408 e. The average molecular weight is 341 g/mol.